The Morgan fingerprint density at radius 1 is 1.41 bits per heavy atom. The average molecular weight is 314 g/mol. The Hall–Kier alpha value is -2.56. The van der Waals surface area contributed by atoms with Gasteiger partial charge in [-0.25, -0.2) is 4.68 Å². The predicted molar refractivity (Wildman–Crippen MR) is 83.4 cm³/mol. The lowest BCUT2D eigenvalue weighted by Crippen LogP contribution is -2.10. The number of nitrogens with one attached hydrogen (secondary N) is 1. The van der Waals surface area contributed by atoms with Crippen molar-refractivity contribution in [1.29, 1.82) is 5.26 Å². The number of hydrogen-bond acceptors (Lipinski definition) is 6. The number of rotatable bonds is 6. The number of anilines is 1. The second-order valence-corrected chi connectivity index (χ2v) is 5.52. The van der Waals surface area contributed by atoms with Crippen molar-refractivity contribution in [2.24, 2.45) is 0 Å². The van der Waals surface area contributed by atoms with E-state index in [1.54, 1.807) is 28.2 Å². The first-order chi connectivity index (χ1) is 10.8. The Kier molecular flexibility index (Phi) is 4.23. The number of nitriles is 1. The monoisotopic (exact) mass is 314 g/mol. The maximum Gasteiger partial charge on any atom is 0.203 e. The molecule has 0 bridgehead atoms. The third-order valence-electron chi connectivity index (χ3n) is 3.08. The van der Waals surface area contributed by atoms with E-state index < -0.39 is 0 Å². The van der Waals surface area contributed by atoms with Crippen LogP contribution in [-0.2, 0) is 13.1 Å². The first kappa shape index (κ1) is 14.4. The van der Waals surface area contributed by atoms with Crippen molar-refractivity contribution in [3.8, 4) is 16.6 Å². The molecule has 3 heterocycles. The summed E-state index contributed by atoms with van der Waals surface area (Å²) in [7, 11) is 0. The minimum Gasteiger partial charge on any atom is -0.449 e. The molecule has 112 valence electrons. The van der Waals surface area contributed by atoms with Crippen molar-refractivity contribution < 1.29 is 9.52 Å². The summed E-state index contributed by atoms with van der Waals surface area (Å²) in [6, 6.07) is 11.3. The summed E-state index contributed by atoms with van der Waals surface area (Å²) in [5.41, 5.74) is 0.864. The van der Waals surface area contributed by atoms with E-state index in [9.17, 15) is 0 Å². The van der Waals surface area contributed by atoms with Gasteiger partial charge in [0.2, 0.25) is 5.76 Å². The summed E-state index contributed by atoms with van der Waals surface area (Å²) in [5.74, 6) is 1.76. The number of thiophene rings is 1. The quantitative estimate of drug-likeness (QED) is 0.730. The second-order valence-electron chi connectivity index (χ2n) is 4.57. The standard InChI is InChI=1S/C15H14N4O2S/c16-9-11-3-4-12(21-11)10-17-15-8-13(14-2-1-7-22-14)18-19(15)5-6-20/h1-4,7-8,17,20H,5-6,10H2. The summed E-state index contributed by atoms with van der Waals surface area (Å²) in [5, 5.41) is 27.6. The zero-order valence-electron chi connectivity index (χ0n) is 11.7. The topological polar surface area (TPSA) is 87.0 Å². The fourth-order valence-electron chi connectivity index (χ4n) is 2.08. The lowest BCUT2D eigenvalue weighted by Gasteiger charge is -2.06. The van der Waals surface area contributed by atoms with Crippen LogP contribution in [0.4, 0.5) is 5.82 Å². The van der Waals surface area contributed by atoms with Gasteiger partial charge in [-0.1, -0.05) is 6.07 Å². The fraction of sp³-hybridized carbons (Fsp3) is 0.200. The number of aliphatic hydroxyl groups is 1. The van der Waals surface area contributed by atoms with Gasteiger partial charge in [-0.2, -0.15) is 10.4 Å². The predicted octanol–water partition coefficient (Wildman–Crippen LogP) is 2.68. The van der Waals surface area contributed by atoms with E-state index in [-0.39, 0.29) is 6.61 Å². The molecule has 22 heavy (non-hydrogen) atoms. The zero-order chi connectivity index (χ0) is 15.4. The molecule has 0 aromatic carbocycles. The van der Waals surface area contributed by atoms with Crippen molar-refractivity contribution in [3.63, 3.8) is 0 Å². The van der Waals surface area contributed by atoms with Crippen LogP contribution in [0.15, 0.2) is 40.1 Å². The van der Waals surface area contributed by atoms with Gasteiger partial charge >= 0.3 is 0 Å². The van der Waals surface area contributed by atoms with Gasteiger partial charge in [0.1, 0.15) is 23.3 Å². The molecule has 3 rings (SSSR count). The number of aromatic nitrogens is 2. The molecular weight excluding hydrogens is 300 g/mol. The van der Waals surface area contributed by atoms with Crippen molar-refractivity contribution in [2.45, 2.75) is 13.1 Å². The molecule has 3 aromatic rings. The van der Waals surface area contributed by atoms with Gasteiger partial charge in [-0.3, -0.25) is 0 Å². The van der Waals surface area contributed by atoms with E-state index in [1.807, 2.05) is 29.6 Å². The lowest BCUT2D eigenvalue weighted by atomic mass is 10.3. The normalized spacial score (nSPS) is 10.5. The van der Waals surface area contributed by atoms with Crippen LogP contribution < -0.4 is 5.32 Å². The van der Waals surface area contributed by atoms with Gasteiger partial charge in [-0.05, 0) is 23.6 Å². The Bertz CT molecular complexity index is 783. The van der Waals surface area contributed by atoms with E-state index in [0.717, 1.165) is 16.4 Å². The molecule has 0 aliphatic heterocycles. The van der Waals surface area contributed by atoms with Crippen LogP contribution in [0.3, 0.4) is 0 Å². The van der Waals surface area contributed by atoms with Crippen LogP contribution in [0.1, 0.15) is 11.5 Å². The van der Waals surface area contributed by atoms with Gasteiger partial charge in [0, 0.05) is 6.07 Å². The lowest BCUT2D eigenvalue weighted by molar-refractivity contribution is 0.270. The number of hydrogen-bond donors (Lipinski definition) is 2. The van der Waals surface area contributed by atoms with E-state index in [4.69, 9.17) is 14.8 Å². The highest BCUT2D eigenvalue weighted by Crippen LogP contribution is 2.26. The van der Waals surface area contributed by atoms with Crippen LogP contribution >= 0.6 is 11.3 Å². The molecule has 0 radical (unpaired) electrons. The van der Waals surface area contributed by atoms with Crippen LogP contribution in [0.25, 0.3) is 10.6 Å². The SMILES string of the molecule is N#Cc1ccc(CNc2cc(-c3cccs3)nn2CCO)o1. The van der Waals surface area contributed by atoms with Crippen LogP contribution in [-0.4, -0.2) is 21.5 Å². The summed E-state index contributed by atoms with van der Waals surface area (Å²) in [6.45, 7) is 0.873. The Balaban J connectivity index is 1.78. The van der Waals surface area contributed by atoms with Crippen LogP contribution in [0, 0.1) is 11.3 Å². The highest BCUT2D eigenvalue weighted by Gasteiger charge is 2.10. The molecule has 0 aliphatic carbocycles. The van der Waals surface area contributed by atoms with Gasteiger partial charge in [0.05, 0.1) is 24.6 Å². The summed E-state index contributed by atoms with van der Waals surface area (Å²) < 4.78 is 7.06. The fourth-order valence-corrected chi connectivity index (χ4v) is 2.76. The number of aliphatic hydroxyl groups excluding tert-OH is 1. The molecule has 6 nitrogen and oxygen atoms in total. The number of furan rings is 1. The molecule has 0 unspecified atom stereocenters. The molecule has 3 aromatic heterocycles. The third kappa shape index (κ3) is 3.03. The highest BCUT2D eigenvalue weighted by molar-refractivity contribution is 7.13. The molecule has 2 N–H and O–H groups in total. The zero-order valence-corrected chi connectivity index (χ0v) is 12.5. The molecule has 0 amide bonds. The Morgan fingerprint density at radius 2 is 2.32 bits per heavy atom. The third-order valence-corrected chi connectivity index (χ3v) is 3.97. The molecule has 0 fully saturated rings. The molecular formula is C15H14N4O2S. The maximum absolute atomic E-state index is 9.16. The molecule has 7 heteroatoms. The molecule has 0 saturated heterocycles. The molecule has 0 atom stereocenters. The van der Waals surface area contributed by atoms with Crippen molar-refractivity contribution >= 4 is 17.2 Å². The summed E-state index contributed by atoms with van der Waals surface area (Å²) in [6.07, 6.45) is 0. The minimum atomic E-state index is 0.0135. The van der Waals surface area contributed by atoms with Crippen LogP contribution in [0.5, 0.6) is 0 Å². The minimum absolute atomic E-state index is 0.0135. The molecule has 0 spiro atoms. The van der Waals surface area contributed by atoms with Crippen molar-refractivity contribution in [3.05, 3.63) is 47.2 Å². The van der Waals surface area contributed by atoms with Crippen LogP contribution in [0.2, 0.25) is 0 Å². The first-order valence-corrected chi connectivity index (χ1v) is 7.63. The van der Waals surface area contributed by atoms with Crippen molar-refractivity contribution in [1.82, 2.24) is 9.78 Å². The van der Waals surface area contributed by atoms with Gasteiger partial charge in [-0.15, -0.1) is 11.3 Å². The van der Waals surface area contributed by atoms with Gasteiger partial charge in [0.25, 0.3) is 0 Å². The Labute approximate surface area is 131 Å². The Morgan fingerprint density at radius 3 is 3.00 bits per heavy atom. The van der Waals surface area contributed by atoms with E-state index >= 15 is 0 Å². The van der Waals surface area contributed by atoms with Crippen molar-refractivity contribution in [2.75, 3.05) is 11.9 Å². The summed E-state index contributed by atoms with van der Waals surface area (Å²) >= 11 is 1.62. The second kappa shape index (κ2) is 6.47. The van der Waals surface area contributed by atoms with E-state index in [0.29, 0.717) is 24.6 Å². The van der Waals surface area contributed by atoms with E-state index in [1.165, 1.54) is 0 Å². The summed E-state index contributed by atoms with van der Waals surface area (Å²) in [4.78, 5) is 1.07. The number of nitrogens with zero attached hydrogens (tertiary/aromatic N) is 3. The molecule has 0 aliphatic rings. The van der Waals surface area contributed by atoms with Gasteiger partial charge in [0.15, 0.2) is 0 Å². The largest absolute Gasteiger partial charge is 0.449 e. The maximum atomic E-state index is 9.16. The molecule has 0 saturated carbocycles. The first-order valence-electron chi connectivity index (χ1n) is 6.75. The smallest absolute Gasteiger partial charge is 0.203 e. The van der Waals surface area contributed by atoms with Gasteiger partial charge < -0.3 is 14.8 Å². The highest BCUT2D eigenvalue weighted by atomic mass is 32.1. The average Bonchev–Trinajstić information content (AvgIpc) is 3.26. The van der Waals surface area contributed by atoms with E-state index in [2.05, 4.69) is 10.4 Å².